The van der Waals surface area contributed by atoms with Crippen molar-refractivity contribution < 1.29 is 28.5 Å². The maximum absolute atomic E-state index is 12.9. The quantitative estimate of drug-likeness (QED) is 0.333. The van der Waals surface area contributed by atoms with E-state index in [2.05, 4.69) is 5.32 Å². The van der Waals surface area contributed by atoms with Crippen LogP contribution in [0.1, 0.15) is 36.2 Å². The third-order valence-corrected chi connectivity index (χ3v) is 5.50. The maximum atomic E-state index is 12.9. The first-order valence-corrected chi connectivity index (χ1v) is 11.8. The predicted molar refractivity (Wildman–Crippen MR) is 120 cm³/mol. The Morgan fingerprint density at radius 1 is 1.03 bits per heavy atom. The molecule has 2 aromatic carbocycles. The van der Waals surface area contributed by atoms with Crippen molar-refractivity contribution in [2.24, 2.45) is 5.92 Å². The van der Waals surface area contributed by atoms with Crippen LogP contribution >= 0.6 is 8.03 Å². The van der Waals surface area contributed by atoms with Gasteiger partial charge in [-0.3, -0.25) is 14.2 Å². The molecule has 2 aromatic rings. The molecular weight excluding hydrogens is 417 g/mol. The summed E-state index contributed by atoms with van der Waals surface area (Å²) in [6.45, 7) is 4.06. The van der Waals surface area contributed by atoms with Crippen LogP contribution in [0, 0.1) is 5.92 Å². The molecule has 0 saturated heterocycles. The van der Waals surface area contributed by atoms with Crippen LogP contribution in [0.15, 0.2) is 60.7 Å². The second kappa shape index (κ2) is 13.2. The van der Waals surface area contributed by atoms with E-state index in [1.165, 1.54) is 0 Å². The highest BCUT2D eigenvalue weighted by atomic mass is 31.1. The van der Waals surface area contributed by atoms with Crippen LogP contribution in [0.2, 0.25) is 0 Å². The number of carboxylic acid groups (broad SMARTS) is 1. The van der Waals surface area contributed by atoms with Crippen molar-refractivity contribution in [1.29, 1.82) is 0 Å². The first-order chi connectivity index (χ1) is 14.9. The molecule has 0 radical (unpaired) electrons. The normalized spacial score (nSPS) is 14.2. The molecule has 3 atom stereocenters. The fourth-order valence-electron chi connectivity index (χ4n) is 2.99. The molecule has 0 aliphatic heterocycles. The van der Waals surface area contributed by atoms with E-state index in [0.29, 0.717) is 12.0 Å². The molecule has 0 spiro atoms. The zero-order valence-electron chi connectivity index (χ0n) is 17.8. The smallest absolute Gasteiger partial charge is 0.320 e. The van der Waals surface area contributed by atoms with Gasteiger partial charge >= 0.3 is 5.97 Å². The highest BCUT2D eigenvalue weighted by Gasteiger charge is 2.26. The summed E-state index contributed by atoms with van der Waals surface area (Å²) in [6.07, 6.45) is -0.813. The van der Waals surface area contributed by atoms with Gasteiger partial charge < -0.3 is 19.7 Å². The Kier molecular flexibility index (Phi) is 10.6. The number of benzene rings is 2. The number of carbonyl (C=O) groups is 2. The Morgan fingerprint density at radius 3 is 2.23 bits per heavy atom. The molecule has 0 amide bonds. The van der Waals surface area contributed by atoms with Gasteiger partial charge in [0.2, 0.25) is 8.03 Å². The van der Waals surface area contributed by atoms with E-state index in [9.17, 15) is 19.3 Å². The molecule has 0 fully saturated rings. The SMILES string of the molecule is CC(C)C[C@H](NC[C@H](O[PH](=O)COCc1ccccc1)C(=O)c1ccccc1)C(=O)O. The van der Waals surface area contributed by atoms with Gasteiger partial charge in [-0.05, 0) is 17.9 Å². The summed E-state index contributed by atoms with van der Waals surface area (Å²) < 4.78 is 23.5. The highest BCUT2D eigenvalue weighted by Crippen LogP contribution is 2.26. The number of hydrogen-bond acceptors (Lipinski definition) is 6. The number of ether oxygens (including phenoxy) is 1. The Bertz CT molecular complexity index is 844. The molecule has 0 bridgehead atoms. The third kappa shape index (κ3) is 9.15. The number of rotatable bonds is 14. The zero-order chi connectivity index (χ0) is 22.6. The molecule has 0 saturated carbocycles. The highest BCUT2D eigenvalue weighted by molar-refractivity contribution is 7.38. The monoisotopic (exact) mass is 447 g/mol. The lowest BCUT2D eigenvalue weighted by Gasteiger charge is -2.21. The molecule has 0 aliphatic carbocycles. The number of hydrogen-bond donors (Lipinski definition) is 2. The van der Waals surface area contributed by atoms with Crippen LogP contribution in [0.4, 0.5) is 0 Å². The van der Waals surface area contributed by atoms with Crippen LogP contribution in [-0.4, -0.2) is 41.9 Å². The Morgan fingerprint density at radius 2 is 1.65 bits per heavy atom. The lowest BCUT2D eigenvalue weighted by Crippen LogP contribution is -2.44. The molecule has 2 N–H and O–H groups in total. The number of carbonyl (C=O) groups excluding carboxylic acids is 1. The molecule has 2 rings (SSSR count). The number of nitrogens with one attached hydrogen (secondary N) is 1. The summed E-state index contributed by atoms with van der Waals surface area (Å²) in [5.74, 6) is -1.20. The van der Waals surface area contributed by atoms with E-state index >= 15 is 0 Å². The number of ketones is 1. The van der Waals surface area contributed by atoms with Gasteiger partial charge in [0.05, 0.1) is 6.61 Å². The van der Waals surface area contributed by atoms with Crippen LogP contribution in [0.5, 0.6) is 0 Å². The number of Topliss-reactive ketones (excluding diaryl/α,β-unsaturated/α-hetero) is 1. The standard InChI is InChI=1S/C23H30NO6P/c1-17(2)13-20(23(26)27)24-14-21(22(25)19-11-7-4-8-12-19)30-31(28)16-29-15-18-9-5-3-6-10-18/h3-12,17,20-21,24,31H,13-16H2,1-2H3,(H,26,27)/t20-,21-/m0/s1. The van der Waals surface area contributed by atoms with Crippen LogP contribution in [-0.2, 0) is 25.2 Å². The van der Waals surface area contributed by atoms with Gasteiger partial charge in [0.15, 0.2) is 5.78 Å². The average Bonchev–Trinajstić information content (AvgIpc) is 2.76. The maximum Gasteiger partial charge on any atom is 0.320 e. The second-order valence-corrected chi connectivity index (χ2v) is 8.88. The van der Waals surface area contributed by atoms with E-state index in [0.717, 1.165) is 5.56 Å². The summed E-state index contributed by atoms with van der Waals surface area (Å²) >= 11 is 0. The molecule has 1 unspecified atom stereocenters. The lowest BCUT2D eigenvalue weighted by atomic mass is 10.0. The van der Waals surface area contributed by atoms with Crippen molar-refractivity contribution >= 4 is 19.8 Å². The van der Waals surface area contributed by atoms with Gasteiger partial charge in [-0.2, -0.15) is 0 Å². The summed E-state index contributed by atoms with van der Waals surface area (Å²) in [5, 5.41) is 12.3. The van der Waals surface area contributed by atoms with Crippen LogP contribution in [0.25, 0.3) is 0 Å². The van der Waals surface area contributed by atoms with Gasteiger partial charge in [0.1, 0.15) is 18.5 Å². The third-order valence-electron chi connectivity index (χ3n) is 4.51. The van der Waals surface area contributed by atoms with E-state index in [4.69, 9.17) is 9.26 Å². The molecule has 0 aliphatic rings. The molecule has 0 heterocycles. The van der Waals surface area contributed by atoms with Crippen LogP contribution < -0.4 is 5.32 Å². The lowest BCUT2D eigenvalue weighted by molar-refractivity contribution is -0.140. The first-order valence-electron chi connectivity index (χ1n) is 10.2. The predicted octanol–water partition coefficient (Wildman–Crippen LogP) is 3.99. The van der Waals surface area contributed by atoms with Gasteiger partial charge in [-0.1, -0.05) is 74.5 Å². The topological polar surface area (TPSA) is 102 Å². The van der Waals surface area contributed by atoms with Gasteiger partial charge in [0.25, 0.3) is 0 Å². The Balaban J connectivity index is 2.00. The molecule has 8 heteroatoms. The Labute approximate surface area is 183 Å². The van der Waals surface area contributed by atoms with E-state index in [1.807, 2.05) is 44.2 Å². The minimum atomic E-state index is -2.68. The van der Waals surface area contributed by atoms with Gasteiger partial charge in [-0.15, -0.1) is 0 Å². The summed E-state index contributed by atoms with van der Waals surface area (Å²) in [6, 6.07) is 17.1. The van der Waals surface area contributed by atoms with Crippen molar-refractivity contribution in [2.75, 3.05) is 12.9 Å². The molecule has 7 nitrogen and oxygen atoms in total. The summed E-state index contributed by atoms with van der Waals surface area (Å²) in [4.78, 5) is 24.4. The second-order valence-electron chi connectivity index (χ2n) is 7.62. The summed E-state index contributed by atoms with van der Waals surface area (Å²) in [5.41, 5.74) is 1.35. The Hall–Kier alpha value is -2.31. The molecule has 168 valence electrons. The van der Waals surface area contributed by atoms with Crippen molar-refractivity contribution in [1.82, 2.24) is 5.32 Å². The molecule has 0 aromatic heterocycles. The van der Waals surface area contributed by atoms with Crippen molar-refractivity contribution in [3.63, 3.8) is 0 Å². The zero-order valence-corrected chi connectivity index (χ0v) is 18.8. The number of aliphatic carboxylic acids is 1. The van der Waals surface area contributed by atoms with E-state index < -0.39 is 26.1 Å². The fraction of sp³-hybridized carbons (Fsp3) is 0.391. The van der Waals surface area contributed by atoms with Crippen LogP contribution in [0.3, 0.4) is 0 Å². The number of carboxylic acids is 1. The summed E-state index contributed by atoms with van der Waals surface area (Å²) in [7, 11) is -2.68. The van der Waals surface area contributed by atoms with Crippen molar-refractivity contribution in [3.8, 4) is 0 Å². The van der Waals surface area contributed by atoms with Crippen molar-refractivity contribution in [2.45, 2.75) is 39.0 Å². The van der Waals surface area contributed by atoms with Crippen molar-refractivity contribution in [3.05, 3.63) is 71.8 Å². The minimum absolute atomic E-state index is 0.0630. The van der Waals surface area contributed by atoms with Gasteiger partial charge in [0, 0.05) is 12.1 Å². The van der Waals surface area contributed by atoms with E-state index in [1.54, 1.807) is 30.3 Å². The largest absolute Gasteiger partial charge is 0.480 e. The van der Waals surface area contributed by atoms with E-state index in [-0.39, 0.29) is 31.2 Å². The van der Waals surface area contributed by atoms with Gasteiger partial charge in [-0.25, -0.2) is 0 Å². The molecular formula is C23H30NO6P. The average molecular weight is 447 g/mol. The first kappa shape index (κ1) is 25.0. The fourth-order valence-corrected chi connectivity index (χ4v) is 3.83. The minimum Gasteiger partial charge on any atom is -0.480 e. The molecule has 31 heavy (non-hydrogen) atoms.